The lowest BCUT2D eigenvalue weighted by Crippen LogP contribution is -2.40. The highest BCUT2D eigenvalue weighted by Crippen LogP contribution is 2.37. The number of methoxy groups -OCH3 is 1. The van der Waals surface area contributed by atoms with Crippen molar-refractivity contribution in [3.05, 3.63) is 52.0 Å². The van der Waals surface area contributed by atoms with Crippen molar-refractivity contribution in [1.29, 1.82) is 0 Å². The van der Waals surface area contributed by atoms with E-state index in [4.69, 9.17) is 4.74 Å². The molecule has 2 fully saturated rings. The molecule has 2 heterocycles. The van der Waals surface area contributed by atoms with Crippen molar-refractivity contribution in [2.45, 2.75) is 49.9 Å². The Morgan fingerprint density at radius 3 is 2.77 bits per heavy atom. The molecule has 30 heavy (non-hydrogen) atoms. The molecule has 4 rings (SSSR count). The van der Waals surface area contributed by atoms with Gasteiger partial charge in [0, 0.05) is 32.2 Å². The molecule has 1 aliphatic heterocycles. The van der Waals surface area contributed by atoms with Crippen molar-refractivity contribution in [2.75, 3.05) is 26.8 Å². The van der Waals surface area contributed by atoms with E-state index in [9.17, 15) is 17.6 Å². The van der Waals surface area contributed by atoms with Crippen molar-refractivity contribution in [2.24, 2.45) is 0 Å². The average molecular weight is 439 g/mol. The molecule has 1 unspecified atom stereocenters. The van der Waals surface area contributed by atoms with E-state index >= 15 is 0 Å². The molecule has 0 radical (unpaired) electrons. The predicted octanol–water partition coefficient (Wildman–Crippen LogP) is 1.87. The van der Waals surface area contributed by atoms with Gasteiger partial charge in [-0.05, 0) is 43.4 Å². The van der Waals surface area contributed by atoms with E-state index < -0.39 is 15.8 Å². The zero-order valence-corrected chi connectivity index (χ0v) is 17.9. The standard InChI is InChI=1S/C20H27FN4O4S/c1-29-11-10-24-20(26)25(18-7-8-18)19(22-24)16-5-3-9-23(13-16)30(27,28)14-15-4-2-6-17(21)12-15/h2,4,6,12,16,18H,3,5,7-11,13-14H2,1H3. The van der Waals surface area contributed by atoms with Crippen LogP contribution in [0.25, 0.3) is 0 Å². The molecule has 1 saturated heterocycles. The summed E-state index contributed by atoms with van der Waals surface area (Å²) < 4.78 is 49.1. The maximum absolute atomic E-state index is 13.5. The van der Waals surface area contributed by atoms with Crippen molar-refractivity contribution in [3.8, 4) is 0 Å². The molecule has 10 heteroatoms. The van der Waals surface area contributed by atoms with Gasteiger partial charge in [0.2, 0.25) is 10.0 Å². The third kappa shape index (κ3) is 4.50. The van der Waals surface area contributed by atoms with E-state index in [1.165, 1.54) is 27.2 Å². The van der Waals surface area contributed by atoms with Gasteiger partial charge >= 0.3 is 5.69 Å². The first-order chi connectivity index (χ1) is 14.4. The van der Waals surface area contributed by atoms with E-state index in [0.717, 1.165) is 19.3 Å². The van der Waals surface area contributed by atoms with E-state index in [-0.39, 0.29) is 29.9 Å². The molecule has 164 valence electrons. The zero-order valence-electron chi connectivity index (χ0n) is 17.0. The number of halogens is 1. The lowest BCUT2D eigenvalue weighted by molar-refractivity contribution is 0.182. The Morgan fingerprint density at radius 2 is 2.07 bits per heavy atom. The summed E-state index contributed by atoms with van der Waals surface area (Å²) in [6.07, 6.45) is 3.35. The number of sulfonamides is 1. The average Bonchev–Trinajstić information content (AvgIpc) is 3.49. The quantitative estimate of drug-likeness (QED) is 0.628. The molecule has 0 N–H and O–H groups in total. The Hall–Kier alpha value is -2.04. The summed E-state index contributed by atoms with van der Waals surface area (Å²) in [6, 6.07) is 5.83. The zero-order chi connectivity index (χ0) is 21.3. The fourth-order valence-corrected chi connectivity index (χ4v) is 5.65. The minimum atomic E-state index is -3.60. The number of ether oxygens (including phenoxy) is 1. The van der Waals surface area contributed by atoms with Gasteiger partial charge < -0.3 is 4.74 Å². The Balaban J connectivity index is 1.56. The lowest BCUT2D eigenvalue weighted by Gasteiger charge is -2.31. The molecule has 1 atom stereocenters. The van der Waals surface area contributed by atoms with Crippen LogP contribution in [0.4, 0.5) is 4.39 Å². The monoisotopic (exact) mass is 438 g/mol. The Bertz CT molecular complexity index is 1060. The SMILES string of the molecule is COCCn1nc(C2CCCN(S(=O)(=O)Cc3cccc(F)c3)C2)n(C2CC2)c1=O. The smallest absolute Gasteiger partial charge is 0.346 e. The Kier molecular flexibility index (Phi) is 6.08. The minimum absolute atomic E-state index is 0.141. The maximum atomic E-state index is 13.5. The predicted molar refractivity (Wildman–Crippen MR) is 109 cm³/mol. The summed E-state index contributed by atoms with van der Waals surface area (Å²) in [5, 5.41) is 4.56. The molecule has 8 nitrogen and oxygen atoms in total. The largest absolute Gasteiger partial charge is 0.383 e. The van der Waals surface area contributed by atoms with Gasteiger partial charge in [-0.25, -0.2) is 26.6 Å². The van der Waals surface area contributed by atoms with Crippen molar-refractivity contribution < 1.29 is 17.5 Å². The van der Waals surface area contributed by atoms with Crippen LogP contribution in [0.5, 0.6) is 0 Å². The van der Waals surface area contributed by atoms with Gasteiger partial charge in [0.15, 0.2) is 0 Å². The fraction of sp³-hybridized carbons (Fsp3) is 0.600. The lowest BCUT2D eigenvalue weighted by atomic mass is 9.99. The Morgan fingerprint density at radius 1 is 1.27 bits per heavy atom. The second-order valence-electron chi connectivity index (χ2n) is 8.04. The first kappa shape index (κ1) is 21.2. The number of rotatable bonds is 8. The van der Waals surface area contributed by atoms with Crippen LogP contribution >= 0.6 is 0 Å². The number of hydrogen-bond acceptors (Lipinski definition) is 5. The van der Waals surface area contributed by atoms with E-state index in [0.29, 0.717) is 37.5 Å². The van der Waals surface area contributed by atoms with Crippen LogP contribution in [-0.2, 0) is 27.1 Å². The molecule has 1 aliphatic carbocycles. The van der Waals surface area contributed by atoms with Gasteiger partial charge in [-0.3, -0.25) is 4.57 Å². The molecule has 1 aromatic carbocycles. The van der Waals surface area contributed by atoms with E-state index in [2.05, 4.69) is 5.10 Å². The van der Waals surface area contributed by atoms with Crippen LogP contribution < -0.4 is 5.69 Å². The van der Waals surface area contributed by atoms with Gasteiger partial charge in [0.05, 0.1) is 18.9 Å². The maximum Gasteiger partial charge on any atom is 0.346 e. The highest BCUT2D eigenvalue weighted by molar-refractivity contribution is 7.88. The number of piperidine rings is 1. The molecular weight excluding hydrogens is 411 g/mol. The number of aromatic nitrogens is 3. The van der Waals surface area contributed by atoms with Crippen molar-refractivity contribution in [3.63, 3.8) is 0 Å². The molecule has 1 saturated carbocycles. The molecule has 2 aliphatic rings. The first-order valence-electron chi connectivity index (χ1n) is 10.3. The number of benzene rings is 1. The van der Waals surface area contributed by atoms with Crippen LogP contribution in [0.1, 0.15) is 49.0 Å². The molecule has 1 aromatic heterocycles. The van der Waals surface area contributed by atoms with Crippen LogP contribution in [0.2, 0.25) is 0 Å². The Labute approximate surface area is 175 Å². The summed E-state index contributed by atoms with van der Waals surface area (Å²) in [4.78, 5) is 12.8. The molecule has 0 amide bonds. The molecule has 2 aromatic rings. The van der Waals surface area contributed by atoms with E-state index in [1.54, 1.807) is 17.7 Å². The van der Waals surface area contributed by atoms with Crippen LogP contribution in [0.3, 0.4) is 0 Å². The summed E-state index contributed by atoms with van der Waals surface area (Å²) >= 11 is 0. The molecular formula is C20H27FN4O4S. The summed E-state index contributed by atoms with van der Waals surface area (Å²) in [6.45, 7) is 1.47. The molecule has 0 bridgehead atoms. The third-order valence-electron chi connectivity index (χ3n) is 5.70. The highest BCUT2D eigenvalue weighted by Gasteiger charge is 2.36. The fourth-order valence-electron chi connectivity index (χ4n) is 4.05. The van der Waals surface area contributed by atoms with Gasteiger partial charge in [-0.1, -0.05) is 12.1 Å². The van der Waals surface area contributed by atoms with Crippen molar-refractivity contribution >= 4 is 10.0 Å². The second kappa shape index (κ2) is 8.60. The van der Waals surface area contributed by atoms with E-state index in [1.807, 2.05) is 0 Å². The van der Waals surface area contributed by atoms with Crippen LogP contribution in [0.15, 0.2) is 29.1 Å². The minimum Gasteiger partial charge on any atom is -0.383 e. The summed E-state index contributed by atoms with van der Waals surface area (Å²) in [7, 11) is -2.03. The normalized spacial score (nSPS) is 20.5. The second-order valence-corrected chi connectivity index (χ2v) is 10.0. The van der Waals surface area contributed by atoms with Gasteiger partial charge in [0.1, 0.15) is 11.6 Å². The number of hydrogen-bond donors (Lipinski definition) is 0. The molecule has 0 spiro atoms. The highest BCUT2D eigenvalue weighted by atomic mass is 32.2. The summed E-state index contributed by atoms with van der Waals surface area (Å²) in [5.74, 6) is -0.161. The topological polar surface area (TPSA) is 86.4 Å². The van der Waals surface area contributed by atoms with Gasteiger partial charge in [-0.2, -0.15) is 5.10 Å². The van der Waals surface area contributed by atoms with Crippen molar-refractivity contribution in [1.82, 2.24) is 18.7 Å². The van der Waals surface area contributed by atoms with Gasteiger partial charge in [0.25, 0.3) is 0 Å². The van der Waals surface area contributed by atoms with Crippen LogP contribution in [0, 0.1) is 5.82 Å². The third-order valence-corrected chi connectivity index (χ3v) is 7.51. The number of nitrogens with zero attached hydrogens (tertiary/aromatic N) is 4. The summed E-state index contributed by atoms with van der Waals surface area (Å²) in [5.41, 5.74) is 0.278. The van der Waals surface area contributed by atoms with Crippen LogP contribution in [-0.4, -0.2) is 53.9 Å². The van der Waals surface area contributed by atoms with Gasteiger partial charge in [-0.15, -0.1) is 0 Å². The first-order valence-corrected chi connectivity index (χ1v) is 11.9.